The van der Waals surface area contributed by atoms with Crippen LogP contribution in [0.5, 0.6) is 11.5 Å². The van der Waals surface area contributed by atoms with E-state index in [1.807, 2.05) is 38.1 Å². The number of ether oxygens (including phenoxy) is 2. The lowest BCUT2D eigenvalue weighted by Crippen LogP contribution is -2.10. The third kappa shape index (κ3) is 6.49. The second-order valence-corrected chi connectivity index (χ2v) is 6.88. The number of aromatic carboxylic acids is 1. The third-order valence-electron chi connectivity index (χ3n) is 4.39. The average molecular weight is 396 g/mol. The molecule has 0 spiro atoms. The Morgan fingerprint density at radius 3 is 2.38 bits per heavy atom. The fraction of sp³-hybridized carbons (Fsp3) is 0.333. The summed E-state index contributed by atoms with van der Waals surface area (Å²) in [5.41, 5.74) is 2.12. The second kappa shape index (κ2) is 11.1. The lowest BCUT2D eigenvalue weighted by molar-refractivity contribution is -0.129. The van der Waals surface area contributed by atoms with Crippen molar-refractivity contribution in [1.29, 1.82) is 0 Å². The highest BCUT2D eigenvalue weighted by Gasteiger charge is 2.19. The van der Waals surface area contributed by atoms with Gasteiger partial charge in [-0.05, 0) is 43.5 Å². The normalized spacial score (nSPS) is 11.2. The van der Waals surface area contributed by atoms with E-state index in [0.717, 1.165) is 42.6 Å². The van der Waals surface area contributed by atoms with Crippen molar-refractivity contribution in [3.8, 4) is 22.6 Å². The molecule has 5 heteroatoms. The number of hydrogen-bond acceptors (Lipinski definition) is 4. The maximum absolute atomic E-state index is 12.3. The zero-order valence-electron chi connectivity index (χ0n) is 17.2. The molecule has 2 aromatic carbocycles. The van der Waals surface area contributed by atoms with E-state index in [-0.39, 0.29) is 11.3 Å². The Balaban J connectivity index is 2.34. The van der Waals surface area contributed by atoms with Crippen molar-refractivity contribution in [2.45, 2.75) is 46.5 Å². The molecule has 0 heterocycles. The zero-order valence-corrected chi connectivity index (χ0v) is 17.2. The fourth-order valence-electron chi connectivity index (χ4n) is 2.91. The van der Waals surface area contributed by atoms with Gasteiger partial charge in [0.15, 0.2) is 5.75 Å². The molecule has 0 atom stereocenters. The highest BCUT2D eigenvalue weighted by atomic mass is 16.5. The van der Waals surface area contributed by atoms with E-state index in [1.165, 1.54) is 12.1 Å². The predicted octanol–water partition coefficient (Wildman–Crippen LogP) is 5.88. The van der Waals surface area contributed by atoms with Crippen molar-refractivity contribution in [2.24, 2.45) is 0 Å². The lowest BCUT2D eigenvalue weighted by atomic mass is 10.0. The number of benzene rings is 2. The first-order valence-corrected chi connectivity index (χ1v) is 9.94. The molecule has 154 valence electrons. The van der Waals surface area contributed by atoms with Gasteiger partial charge in [0.2, 0.25) is 0 Å². The van der Waals surface area contributed by atoms with Gasteiger partial charge in [-0.15, -0.1) is 0 Å². The van der Waals surface area contributed by atoms with E-state index in [4.69, 9.17) is 9.47 Å². The van der Waals surface area contributed by atoms with Gasteiger partial charge < -0.3 is 14.6 Å². The van der Waals surface area contributed by atoms with Crippen LogP contribution in [-0.2, 0) is 4.79 Å². The molecule has 2 rings (SSSR count). The molecule has 2 aromatic rings. The van der Waals surface area contributed by atoms with Gasteiger partial charge in [0.1, 0.15) is 11.3 Å². The van der Waals surface area contributed by atoms with E-state index >= 15 is 0 Å². The van der Waals surface area contributed by atoms with E-state index in [9.17, 15) is 14.7 Å². The number of allylic oxidation sites excluding steroid dienone is 1. The zero-order chi connectivity index (χ0) is 21.2. The number of rotatable bonds is 10. The van der Waals surface area contributed by atoms with Crippen LogP contribution in [0.1, 0.15) is 56.8 Å². The summed E-state index contributed by atoms with van der Waals surface area (Å²) < 4.78 is 11.2. The molecule has 0 bridgehead atoms. The number of esters is 1. The molecular formula is C24H28O5. The summed E-state index contributed by atoms with van der Waals surface area (Å²) in [4.78, 5) is 24.0. The molecular weight excluding hydrogens is 368 g/mol. The second-order valence-electron chi connectivity index (χ2n) is 6.88. The molecule has 29 heavy (non-hydrogen) atoms. The Hall–Kier alpha value is -3.08. The maximum atomic E-state index is 12.3. The predicted molar refractivity (Wildman–Crippen MR) is 114 cm³/mol. The quantitative estimate of drug-likeness (QED) is 0.235. The van der Waals surface area contributed by atoms with Gasteiger partial charge in [0.25, 0.3) is 0 Å². The summed E-state index contributed by atoms with van der Waals surface area (Å²) in [6.45, 7) is 6.63. The molecule has 0 saturated carbocycles. The van der Waals surface area contributed by atoms with Crippen LogP contribution in [0, 0.1) is 0 Å². The Morgan fingerprint density at radius 1 is 1.03 bits per heavy atom. The summed E-state index contributed by atoms with van der Waals surface area (Å²) in [6.07, 6.45) is 5.15. The molecule has 0 radical (unpaired) electrons. The number of carboxylic acid groups (broad SMARTS) is 1. The van der Waals surface area contributed by atoms with Crippen molar-refractivity contribution < 1.29 is 24.2 Å². The van der Waals surface area contributed by atoms with Crippen LogP contribution in [0.15, 0.2) is 54.1 Å². The Labute approximate surface area is 172 Å². The van der Waals surface area contributed by atoms with Crippen molar-refractivity contribution >= 4 is 11.9 Å². The molecule has 0 unspecified atom stereocenters. The van der Waals surface area contributed by atoms with E-state index < -0.39 is 11.9 Å². The van der Waals surface area contributed by atoms with E-state index in [0.29, 0.717) is 12.2 Å². The lowest BCUT2D eigenvalue weighted by Gasteiger charge is -2.13. The topological polar surface area (TPSA) is 72.8 Å². The summed E-state index contributed by atoms with van der Waals surface area (Å²) in [7, 11) is 0. The first kappa shape index (κ1) is 22.2. The van der Waals surface area contributed by atoms with Crippen LogP contribution in [0.3, 0.4) is 0 Å². The van der Waals surface area contributed by atoms with Crippen LogP contribution in [0.25, 0.3) is 11.1 Å². The van der Waals surface area contributed by atoms with Crippen LogP contribution in [0.4, 0.5) is 0 Å². The third-order valence-corrected chi connectivity index (χ3v) is 4.39. The van der Waals surface area contributed by atoms with Gasteiger partial charge in [-0.2, -0.15) is 0 Å². The van der Waals surface area contributed by atoms with Gasteiger partial charge in [-0.3, -0.25) is 0 Å². The maximum Gasteiger partial charge on any atom is 0.339 e. The molecule has 0 aliphatic rings. The van der Waals surface area contributed by atoms with Gasteiger partial charge in [-0.1, -0.05) is 56.5 Å². The number of carbonyl (C=O) groups excluding carboxylic acids is 1. The van der Waals surface area contributed by atoms with Crippen LogP contribution >= 0.6 is 0 Å². The van der Waals surface area contributed by atoms with E-state index in [2.05, 4.69) is 6.92 Å². The fourth-order valence-corrected chi connectivity index (χ4v) is 2.91. The number of unbranched alkanes of at least 4 members (excludes halogenated alkanes) is 1. The van der Waals surface area contributed by atoms with E-state index in [1.54, 1.807) is 12.1 Å². The van der Waals surface area contributed by atoms with Crippen molar-refractivity contribution in [3.63, 3.8) is 0 Å². The monoisotopic (exact) mass is 396 g/mol. The minimum Gasteiger partial charge on any atom is -0.494 e. The van der Waals surface area contributed by atoms with Crippen molar-refractivity contribution in [1.82, 2.24) is 0 Å². The SMILES string of the molecule is CCCCOc1ccc(-c2cccc(C(=O)O)c2OC(=O)/C=C(\C)CCC)cc1. The Bertz CT molecular complexity index is 865. The first-order chi connectivity index (χ1) is 14.0. The largest absolute Gasteiger partial charge is 0.494 e. The molecule has 0 fully saturated rings. The smallest absolute Gasteiger partial charge is 0.339 e. The highest BCUT2D eigenvalue weighted by Crippen LogP contribution is 2.34. The summed E-state index contributed by atoms with van der Waals surface area (Å²) >= 11 is 0. The van der Waals surface area contributed by atoms with Gasteiger partial charge >= 0.3 is 11.9 Å². The Morgan fingerprint density at radius 2 is 1.76 bits per heavy atom. The number of carboxylic acids is 1. The van der Waals surface area contributed by atoms with Gasteiger partial charge in [-0.25, -0.2) is 9.59 Å². The standard InChI is InChI=1S/C24H28O5/c1-4-6-15-28-19-13-11-18(12-14-19)20-9-7-10-21(24(26)27)23(20)29-22(25)16-17(3)8-5-2/h7,9-14,16H,4-6,8,15H2,1-3H3,(H,26,27)/b17-16+. The Kier molecular flexibility index (Phi) is 8.46. The summed E-state index contributed by atoms with van der Waals surface area (Å²) in [6, 6.07) is 12.1. The number of para-hydroxylation sites is 1. The molecule has 0 aliphatic heterocycles. The molecule has 0 aliphatic carbocycles. The van der Waals surface area contributed by atoms with Crippen molar-refractivity contribution in [3.05, 3.63) is 59.7 Å². The summed E-state index contributed by atoms with van der Waals surface area (Å²) in [5.74, 6) is -0.938. The summed E-state index contributed by atoms with van der Waals surface area (Å²) in [5, 5.41) is 9.55. The number of carbonyl (C=O) groups is 2. The van der Waals surface area contributed by atoms with Crippen LogP contribution in [-0.4, -0.2) is 23.7 Å². The van der Waals surface area contributed by atoms with Crippen LogP contribution in [0.2, 0.25) is 0 Å². The first-order valence-electron chi connectivity index (χ1n) is 9.94. The van der Waals surface area contributed by atoms with Crippen molar-refractivity contribution in [2.75, 3.05) is 6.61 Å². The van der Waals surface area contributed by atoms with Gasteiger partial charge in [0.05, 0.1) is 6.61 Å². The van der Waals surface area contributed by atoms with Gasteiger partial charge in [0, 0.05) is 11.6 Å². The highest BCUT2D eigenvalue weighted by molar-refractivity contribution is 5.97. The average Bonchev–Trinajstić information content (AvgIpc) is 2.69. The van der Waals surface area contributed by atoms with Crippen LogP contribution < -0.4 is 9.47 Å². The number of hydrogen-bond donors (Lipinski definition) is 1. The molecule has 0 amide bonds. The minimum absolute atomic E-state index is 0.0465. The molecule has 1 N–H and O–H groups in total. The minimum atomic E-state index is -1.15. The molecule has 0 saturated heterocycles. The molecule has 0 aromatic heterocycles. The molecule has 5 nitrogen and oxygen atoms in total.